The van der Waals surface area contributed by atoms with Gasteiger partial charge in [-0.05, 0) is 57.7 Å². The summed E-state index contributed by atoms with van der Waals surface area (Å²) in [5, 5.41) is 0. The summed E-state index contributed by atoms with van der Waals surface area (Å²) in [5.41, 5.74) is 10.7. The largest absolute Gasteiger partial charge is 0.496 e. The Morgan fingerprint density at radius 2 is 1.65 bits per heavy atom. The van der Waals surface area contributed by atoms with Gasteiger partial charge in [0, 0.05) is 15.6 Å². The molecular formula is C14H22BrNO. The zero-order chi connectivity index (χ0) is 13.4. The minimum Gasteiger partial charge on any atom is -0.496 e. The van der Waals surface area contributed by atoms with E-state index in [1.807, 2.05) is 13.8 Å². The van der Waals surface area contributed by atoms with Crippen molar-refractivity contribution >= 4 is 15.9 Å². The lowest BCUT2D eigenvalue weighted by molar-refractivity contribution is 0.398. The molecule has 0 fully saturated rings. The molecule has 0 unspecified atom stereocenters. The Morgan fingerprint density at radius 1 is 1.12 bits per heavy atom. The number of benzene rings is 1. The number of hydrogen-bond acceptors (Lipinski definition) is 2. The molecule has 2 N–H and O–H groups in total. The Labute approximate surface area is 113 Å². The molecule has 96 valence electrons. The van der Waals surface area contributed by atoms with E-state index < -0.39 is 0 Å². The van der Waals surface area contributed by atoms with Crippen LogP contribution in [0.3, 0.4) is 0 Å². The summed E-state index contributed by atoms with van der Waals surface area (Å²) in [6, 6.07) is 0. The van der Waals surface area contributed by atoms with E-state index in [2.05, 4.69) is 36.7 Å². The SMILES string of the molecule is COc1c(C)c(C)c(Br)c(C)c1CC(C)(C)N. The predicted molar refractivity (Wildman–Crippen MR) is 76.9 cm³/mol. The van der Waals surface area contributed by atoms with Crippen molar-refractivity contribution in [1.82, 2.24) is 0 Å². The first-order valence-electron chi connectivity index (χ1n) is 5.80. The lowest BCUT2D eigenvalue weighted by Gasteiger charge is -2.24. The van der Waals surface area contributed by atoms with Crippen LogP contribution in [0, 0.1) is 20.8 Å². The molecule has 0 aliphatic heterocycles. The van der Waals surface area contributed by atoms with Crippen LogP contribution in [0.4, 0.5) is 0 Å². The van der Waals surface area contributed by atoms with Crippen LogP contribution in [0.1, 0.15) is 36.1 Å². The molecule has 0 heterocycles. The maximum absolute atomic E-state index is 6.13. The lowest BCUT2D eigenvalue weighted by Crippen LogP contribution is -2.35. The Kier molecular flexibility index (Phi) is 4.26. The fourth-order valence-electron chi connectivity index (χ4n) is 2.09. The molecule has 0 spiro atoms. The highest BCUT2D eigenvalue weighted by Gasteiger charge is 2.21. The Morgan fingerprint density at radius 3 is 2.06 bits per heavy atom. The summed E-state index contributed by atoms with van der Waals surface area (Å²) in [5.74, 6) is 0.974. The zero-order valence-electron chi connectivity index (χ0n) is 11.6. The van der Waals surface area contributed by atoms with Gasteiger partial charge >= 0.3 is 0 Å². The first kappa shape index (κ1) is 14.5. The van der Waals surface area contributed by atoms with E-state index in [1.54, 1.807) is 7.11 Å². The van der Waals surface area contributed by atoms with Crippen LogP contribution in [-0.4, -0.2) is 12.6 Å². The average molecular weight is 300 g/mol. The second kappa shape index (κ2) is 4.99. The maximum Gasteiger partial charge on any atom is 0.125 e. The monoisotopic (exact) mass is 299 g/mol. The van der Waals surface area contributed by atoms with Crippen LogP contribution >= 0.6 is 15.9 Å². The van der Waals surface area contributed by atoms with E-state index in [1.165, 1.54) is 22.3 Å². The standard InChI is InChI=1S/C14H22BrNO/c1-8-9(2)13(17-6)11(7-14(4,5)16)10(3)12(8)15/h7,16H2,1-6H3. The summed E-state index contributed by atoms with van der Waals surface area (Å²) in [6.45, 7) is 10.4. The Bertz CT molecular complexity index is 433. The first-order valence-corrected chi connectivity index (χ1v) is 6.59. The summed E-state index contributed by atoms with van der Waals surface area (Å²) in [6.07, 6.45) is 0.807. The first-order chi connectivity index (χ1) is 7.69. The molecule has 0 atom stereocenters. The van der Waals surface area contributed by atoms with E-state index in [0.29, 0.717) is 0 Å². The third-order valence-corrected chi connectivity index (χ3v) is 4.31. The highest BCUT2D eigenvalue weighted by atomic mass is 79.9. The summed E-state index contributed by atoms with van der Waals surface area (Å²) >= 11 is 3.66. The van der Waals surface area contributed by atoms with Gasteiger partial charge in [-0.15, -0.1) is 0 Å². The molecule has 0 aliphatic rings. The number of ether oxygens (including phenoxy) is 1. The minimum absolute atomic E-state index is 0.237. The lowest BCUT2D eigenvalue weighted by atomic mass is 9.89. The van der Waals surface area contributed by atoms with Crippen LogP contribution in [-0.2, 0) is 6.42 Å². The third kappa shape index (κ3) is 3.02. The van der Waals surface area contributed by atoms with Gasteiger partial charge in [-0.2, -0.15) is 0 Å². The molecule has 1 aromatic rings. The molecule has 0 radical (unpaired) electrons. The van der Waals surface area contributed by atoms with Gasteiger partial charge in [0.15, 0.2) is 0 Å². The van der Waals surface area contributed by atoms with Gasteiger partial charge in [0.05, 0.1) is 7.11 Å². The highest BCUT2D eigenvalue weighted by molar-refractivity contribution is 9.10. The molecule has 3 heteroatoms. The van der Waals surface area contributed by atoms with Crippen molar-refractivity contribution in [3.63, 3.8) is 0 Å². The average Bonchev–Trinajstić information content (AvgIpc) is 2.22. The second-order valence-electron chi connectivity index (χ2n) is 5.37. The van der Waals surface area contributed by atoms with Crippen LogP contribution in [0.5, 0.6) is 5.75 Å². The summed E-state index contributed by atoms with van der Waals surface area (Å²) < 4.78 is 6.72. The zero-order valence-corrected chi connectivity index (χ0v) is 13.2. The molecule has 17 heavy (non-hydrogen) atoms. The molecule has 1 aromatic carbocycles. The number of nitrogens with two attached hydrogens (primary N) is 1. The maximum atomic E-state index is 6.13. The number of halogens is 1. The molecule has 0 aliphatic carbocycles. The van der Waals surface area contributed by atoms with Crippen LogP contribution in [0.2, 0.25) is 0 Å². The fraction of sp³-hybridized carbons (Fsp3) is 0.571. The van der Waals surface area contributed by atoms with Gasteiger partial charge in [-0.25, -0.2) is 0 Å². The predicted octanol–water partition coefficient (Wildman–Crippen LogP) is 3.66. The molecule has 0 bridgehead atoms. The quantitative estimate of drug-likeness (QED) is 0.924. The Balaban J connectivity index is 3.47. The third-order valence-electron chi connectivity index (χ3n) is 3.12. The highest BCUT2D eigenvalue weighted by Crippen LogP contribution is 2.37. The van der Waals surface area contributed by atoms with Crippen molar-refractivity contribution in [2.24, 2.45) is 5.73 Å². The molecule has 0 saturated heterocycles. The van der Waals surface area contributed by atoms with Crippen molar-refractivity contribution in [2.45, 2.75) is 46.6 Å². The Hall–Kier alpha value is -0.540. The number of methoxy groups -OCH3 is 1. The minimum atomic E-state index is -0.237. The molecule has 1 rings (SSSR count). The van der Waals surface area contributed by atoms with Gasteiger partial charge in [-0.1, -0.05) is 15.9 Å². The van der Waals surface area contributed by atoms with Gasteiger partial charge in [0.1, 0.15) is 5.75 Å². The van der Waals surface area contributed by atoms with Crippen molar-refractivity contribution in [3.8, 4) is 5.75 Å². The van der Waals surface area contributed by atoms with E-state index in [4.69, 9.17) is 10.5 Å². The number of rotatable bonds is 3. The van der Waals surface area contributed by atoms with Crippen molar-refractivity contribution < 1.29 is 4.74 Å². The van der Waals surface area contributed by atoms with Crippen molar-refractivity contribution in [1.29, 1.82) is 0 Å². The topological polar surface area (TPSA) is 35.2 Å². The van der Waals surface area contributed by atoms with Crippen LogP contribution in [0.15, 0.2) is 4.47 Å². The van der Waals surface area contributed by atoms with Gasteiger partial charge in [-0.3, -0.25) is 0 Å². The van der Waals surface area contributed by atoms with Gasteiger partial charge in [0.25, 0.3) is 0 Å². The molecular weight excluding hydrogens is 278 g/mol. The van der Waals surface area contributed by atoms with E-state index in [9.17, 15) is 0 Å². The molecule has 0 saturated carbocycles. The van der Waals surface area contributed by atoms with Gasteiger partial charge in [0.2, 0.25) is 0 Å². The number of hydrogen-bond donors (Lipinski definition) is 1. The van der Waals surface area contributed by atoms with E-state index >= 15 is 0 Å². The fourth-order valence-corrected chi connectivity index (χ4v) is 2.63. The summed E-state index contributed by atoms with van der Waals surface area (Å²) in [7, 11) is 1.72. The van der Waals surface area contributed by atoms with Crippen molar-refractivity contribution in [3.05, 3.63) is 26.7 Å². The van der Waals surface area contributed by atoms with Gasteiger partial charge < -0.3 is 10.5 Å². The van der Waals surface area contributed by atoms with Crippen LogP contribution in [0.25, 0.3) is 0 Å². The molecule has 0 aromatic heterocycles. The summed E-state index contributed by atoms with van der Waals surface area (Å²) in [4.78, 5) is 0. The van der Waals surface area contributed by atoms with E-state index in [0.717, 1.165) is 16.6 Å². The van der Waals surface area contributed by atoms with Crippen LogP contribution < -0.4 is 10.5 Å². The smallest absolute Gasteiger partial charge is 0.125 e. The normalized spacial score (nSPS) is 11.8. The molecule has 2 nitrogen and oxygen atoms in total. The second-order valence-corrected chi connectivity index (χ2v) is 6.16. The van der Waals surface area contributed by atoms with Crippen molar-refractivity contribution in [2.75, 3.05) is 7.11 Å². The van der Waals surface area contributed by atoms with E-state index in [-0.39, 0.29) is 5.54 Å². The molecule has 0 amide bonds.